The van der Waals surface area contributed by atoms with Gasteiger partial charge in [-0.1, -0.05) is 36.4 Å². The van der Waals surface area contributed by atoms with Gasteiger partial charge in [-0.15, -0.1) is 0 Å². The molecule has 0 spiro atoms. The minimum Gasteiger partial charge on any atom is -0.459 e. The molecule has 28 heavy (non-hydrogen) atoms. The summed E-state index contributed by atoms with van der Waals surface area (Å²) in [7, 11) is 0. The van der Waals surface area contributed by atoms with Crippen LogP contribution in [0.5, 0.6) is 0 Å². The Balaban J connectivity index is 1.63. The second-order valence-electron chi connectivity index (χ2n) is 6.63. The van der Waals surface area contributed by atoms with E-state index in [4.69, 9.17) is 4.42 Å². The van der Waals surface area contributed by atoms with Gasteiger partial charge >= 0.3 is 0 Å². The van der Waals surface area contributed by atoms with Gasteiger partial charge in [0.15, 0.2) is 5.69 Å². The Kier molecular flexibility index (Phi) is 4.53. The van der Waals surface area contributed by atoms with Gasteiger partial charge in [0.05, 0.1) is 11.7 Å². The predicted octanol–water partition coefficient (Wildman–Crippen LogP) is 3.78. The molecule has 140 valence electrons. The molecule has 1 amide bonds. The molecule has 2 heterocycles. The average Bonchev–Trinajstić information content (AvgIpc) is 3.13. The van der Waals surface area contributed by atoms with Crippen molar-refractivity contribution in [1.29, 1.82) is 0 Å². The summed E-state index contributed by atoms with van der Waals surface area (Å²) in [5.41, 5.74) is 1.60. The number of carbonyl (C=O) groups is 1. The zero-order valence-electron chi connectivity index (χ0n) is 15.5. The normalized spacial score (nSPS) is 12.1. The van der Waals surface area contributed by atoms with Crippen molar-refractivity contribution < 1.29 is 9.21 Å². The molecule has 0 aliphatic carbocycles. The van der Waals surface area contributed by atoms with Gasteiger partial charge < -0.3 is 9.73 Å². The fraction of sp³-hybridized carbons (Fsp3) is 0.136. The van der Waals surface area contributed by atoms with Crippen LogP contribution in [0.3, 0.4) is 0 Å². The van der Waals surface area contributed by atoms with Crippen LogP contribution in [0.15, 0.2) is 75.9 Å². The lowest BCUT2D eigenvalue weighted by Gasteiger charge is -2.13. The van der Waals surface area contributed by atoms with E-state index in [1.165, 1.54) is 6.07 Å². The van der Waals surface area contributed by atoms with E-state index in [-0.39, 0.29) is 5.69 Å². The Bertz CT molecular complexity index is 1180. The summed E-state index contributed by atoms with van der Waals surface area (Å²) >= 11 is 0. The number of para-hydroxylation sites is 2. The number of furan rings is 1. The van der Waals surface area contributed by atoms with E-state index in [1.54, 1.807) is 18.5 Å². The number of nitrogens with one attached hydrogen (secondary N) is 1. The van der Waals surface area contributed by atoms with Crippen LogP contribution < -0.4 is 10.7 Å². The molecule has 2 aromatic heterocycles. The van der Waals surface area contributed by atoms with E-state index in [2.05, 4.69) is 10.4 Å². The number of amides is 1. The minimum atomic E-state index is -0.539. The zero-order valence-corrected chi connectivity index (χ0v) is 15.5. The number of benzene rings is 2. The number of hydrogen-bond acceptors (Lipinski definition) is 4. The fourth-order valence-electron chi connectivity index (χ4n) is 3.09. The third-order valence-corrected chi connectivity index (χ3v) is 4.54. The minimum absolute atomic E-state index is 0.155. The molecule has 4 rings (SSSR count). The van der Waals surface area contributed by atoms with Gasteiger partial charge in [-0.2, -0.15) is 5.10 Å². The van der Waals surface area contributed by atoms with Crippen molar-refractivity contribution in [2.24, 2.45) is 0 Å². The number of hydrogen-bond donors (Lipinski definition) is 1. The Morgan fingerprint density at radius 2 is 1.79 bits per heavy atom. The van der Waals surface area contributed by atoms with Gasteiger partial charge in [-0.25, -0.2) is 4.68 Å². The number of carbonyl (C=O) groups excluding carboxylic acids is 1. The second kappa shape index (κ2) is 7.15. The zero-order chi connectivity index (χ0) is 19.7. The summed E-state index contributed by atoms with van der Waals surface area (Å²) in [6, 6.07) is 19.9. The van der Waals surface area contributed by atoms with Crippen molar-refractivity contribution in [3.63, 3.8) is 0 Å². The van der Waals surface area contributed by atoms with Gasteiger partial charge in [0.2, 0.25) is 5.43 Å². The van der Waals surface area contributed by atoms with Crippen molar-refractivity contribution in [3.8, 4) is 5.69 Å². The summed E-state index contributed by atoms with van der Waals surface area (Å²) in [6.45, 7) is 3.58. The van der Waals surface area contributed by atoms with Crippen LogP contribution in [0.25, 0.3) is 16.7 Å². The summed E-state index contributed by atoms with van der Waals surface area (Å²) < 4.78 is 7.38. The third-order valence-electron chi connectivity index (χ3n) is 4.54. The van der Waals surface area contributed by atoms with E-state index >= 15 is 0 Å². The second-order valence-corrected chi connectivity index (χ2v) is 6.63. The van der Waals surface area contributed by atoms with E-state index < -0.39 is 17.4 Å². The topological polar surface area (TPSA) is 77.1 Å². The molecular weight excluding hydrogens is 354 g/mol. The first-order valence-corrected chi connectivity index (χ1v) is 8.98. The molecular formula is C22H19N3O3. The van der Waals surface area contributed by atoms with Crippen molar-refractivity contribution in [1.82, 2.24) is 15.1 Å². The Morgan fingerprint density at radius 3 is 2.54 bits per heavy atom. The molecule has 0 radical (unpaired) electrons. The third kappa shape index (κ3) is 3.32. The molecule has 1 atom stereocenters. The van der Waals surface area contributed by atoms with Crippen LogP contribution >= 0.6 is 0 Å². The van der Waals surface area contributed by atoms with Crippen molar-refractivity contribution >= 4 is 16.9 Å². The highest BCUT2D eigenvalue weighted by atomic mass is 16.3. The monoisotopic (exact) mass is 373 g/mol. The fourth-order valence-corrected chi connectivity index (χ4v) is 3.09. The van der Waals surface area contributed by atoms with E-state index in [1.807, 2.05) is 60.7 Å². The molecule has 0 aliphatic heterocycles. The van der Waals surface area contributed by atoms with Gasteiger partial charge in [0.25, 0.3) is 5.91 Å². The molecule has 1 unspecified atom stereocenters. The highest BCUT2D eigenvalue weighted by Gasteiger charge is 2.20. The van der Waals surface area contributed by atoms with Gasteiger partial charge in [-0.05, 0) is 38.1 Å². The quantitative estimate of drug-likeness (QED) is 0.591. The first-order chi connectivity index (χ1) is 13.5. The van der Waals surface area contributed by atoms with E-state index in [9.17, 15) is 9.59 Å². The lowest BCUT2D eigenvalue weighted by atomic mass is 10.2. The van der Waals surface area contributed by atoms with Crippen molar-refractivity contribution in [2.45, 2.75) is 19.9 Å². The molecule has 0 aliphatic rings. The maximum Gasteiger partial charge on any atom is 0.276 e. The SMILES string of the molecule is Cc1cc(=O)c(C(=O)NC(C)c2cc3ccccc3o2)nn1-c1ccccc1. The summed E-state index contributed by atoms with van der Waals surface area (Å²) in [5, 5.41) is 8.05. The Hall–Kier alpha value is -3.67. The van der Waals surface area contributed by atoms with E-state index in [0.717, 1.165) is 16.7 Å². The molecule has 0 bridgehead atoms. The van der Waals surface area contributed by atoms with Crippen LogP contribution in [-0.4, -0.2) is 15.7 Å². The Labute approximate surface area is 161 Å². The highest BCUT2D eigenvalue weighted by molar-refractivity contribution is 5.92. The van der Waals surface area contributed by atoms with Crippen LogP contribution in [-0.2, 0) is 0 Å². The van der Waals surface area contributed by atoms with Gasteiger partial charge in [0.1, 0.15) is 11.3 Å². The van der Waals surface area contributed by atoms with Crippen LogP contribution in [0.4, 0.5) is 0 Å². The molecule has 4 aromatic rings. The van der Waals surface area contributed by atoms with Crippen LogP contribution in [0.1, 0.15) is 34.9 Å². The molecule has 1 N–H and O–H groups in total. The number of rotatable bonds is 4. The number of fused-ring (bicyclic) bond motifs is 1. The largest absolute Gasteiger partial charge is 0.459 e. The number of aryl methyl sites for hydroxylation is 1. The average molecular weight is 373 g/mol. The van der Waals surface area contributed by atoms with Crippen molar-refractivity contribution in [3.05, 3.63) is 94.1 Å². The lowest BCUT2D eigenvalue weighted by molar-refractivity contribution is 0.0927. The smallest absolute Gasteiger partial charge is 0.276 e. The van der Waals surface area contributed by atoms with Crippen molar-refractivity contribution in [2.75, 3.05) is 0 Å². The molecule has 2 aromatic carbocycles. The van der Waals surface area contributed by atoms with Gasteiger partial charge in [0, 0.05) is 17.1 Å². The standard InChI is InChI=1S/C22H19N3O3/c1-14-12-18(26)21(24-25(14)17-9-4-3-5-10-17)22(27)23-15(2)20-13-16-8-6-7-11-19(16)28-20/h3-13,15H,1-2H3,(H,23,27). The van der Waals surface area contributed by atoms with Crippen LogP contribution in [0.2, 0.25) is 0 Å². The number of nitrogens with zero attached hydrogens (tertiary/aromatic N) is 2. The first-order valence-electron chi connectivity index (χ1n) is 8.98. The highest BCUT2D eigenvalue weighted by Crippen LogP contribution is 2.23. The lowest BCUT2D eigenvalue weighted by Crippen LogP contribution is -2.33. The Morgan fingerprint density at radius 1 is 1.07 bits per heavy atom. The molecule has 0 fully saturated rings. The predicted molar refractivity (Wildman–Crippen MR) is 107 cm³/mol. The number of aromatic nitrogens is 2. The van der Waals surface area contributed by atoms with E-state index in [0.29, 0.717) is 11.5 Å². The maximum absolute atomic E-state index is 12.7. The summed E-state index contributed by atoms with van der Waals surface area (Å²) in [5.74, 6) is 0.0766. The molecule has 0 saturated carbocycles. The first kappa shape index (κ1) is 17.7. The molecule has 6 nitrogen and oxygen atoms in total. The van der Waals surface area contributed by atoms with Crippen LogP contribution in [0, 0.1) is 6.92 Å². The molecule has 0 saturated heterocycles. The molecule has 6 heteroatoms. The summed E-state index contributed by atoms with van der Waals surface area (Å²) in [6.07, 6.45) is 0. The van der Waals surface area contributed by atoms with Gasteiger partial charge in [-0.3, -0.25) is 9.59 Å². The maximum atomic E-state index is 12.7. The summed E-state index contributed by atoms with van der Waals surface area (Å²) in [4.78, 5) is 25.1.